The number of thiocarbonyl (C=S) groups is 1. The lowest BCUT2D eigenvalue weighted by Crippen LogP contribution is -2.43. The molecule has 1 aliphatic carbocycles. The summed E-state index contributed by atoms with van der Waals surface area (Å²) in [5.74, 6) is 0.804. The second-order valence-electron chi connectivity index (χ2n) is 4.93. The Labute approximate surface area is 103 Å². The largest absolute Gasteiger partial charge is 0.362 e. The monoisotopic (exact) mass is 242 g/mol. The highest BCUT2D eigenvalue weighted by molar-refractivity contribution is 7.80. The molecule has 1 fully saturated rings. The number of carbonyl (C=O) groups is 1. The third kappa shape index (κ3) is 4.92. The molecule has 0 aromatic rings. The summed E-state index contributed by atoms with van der Waals surface area (Å²) in [4.78, 5) is 11.8. The van der Waals surface area contributed by atoms with Crippen LogP contribution in [0, 0.1) is 11.8 Å². The third-order valence-electron chi connectivity index (χ3n) is 2.88. The zero-order valence-electron chi connectivity index (χ0n) is 10.2. The minimum absolute atomic E-state index is 0.0981. The molecule has 4 heteroatoms. The van der Waals surface area contributed by atoms with E-state index in [9.17, 15) is 4.79 Å². The average Bonchev–Trinajstić information content (AvgIpc) is 2.27. The van der Waals surface area contributed by atoms with Gasteiger partial charge in [-0.3, -0.25) is 4.79 Å². The zero-order valence-corrected chi connectivity index (χ0v) is 11.0. The van der Waals surface area contributed by atoms with E-state index in [1.54, 1.807) is 0 Å². The van der Waals surface area contributed by atoms with Gasteiger partial charge >= 0.3 is 0 Å². The van der Waals surface area contributed by atoms with Crippen LogP contribution in [0.15, 0.2) is 0 Å². The Bertz CT molecular complexity index is 247. The minimum atomic E-state index is 0.0981. The Morgan fingerprint density at radius 3 is 2.50 bits per heavy atom. The summed E-state index contributed by atoms with van der Waals surface area (Å²) < 4.78 is 0. The average molecular weight is 242 g/mol. The van der Waals surface area contributed by atoms with Crippen LogP contribution in [0.25, 0.3) is 0 Å². The van der Waals surface area contributed by atoms with Crippen molar-refractivity contribution in [3.05, 3.63) is 0 Å². The maximum atomic E-state index is 11.8. The molecule has 2 N–H and O–H groups in total. The number of carbonyl (C=O) groups excluding carboxylic acids is 1. The molecule has 0 aliphatic heterocycles. The summed E-state index contributed by atoms with van der Waals surface area (Å²) in [6.45, 7) is 5.03. The van der Waals surface area contributed by atoms with Gasteiger partial charge in [0.15, 0.2) is 5.11 Å². The molecule has 1 amide bonds. The fraction of sp³-hybridized carbons (Fsp3) is 0.833. The van der Waals surface area contributed by atoms with Crippen molar-refractivity contribution in [2.24, 2.45) is 11.8 Å². The van der Waals surface area contributed by atoms with E-state index in [2.05, 4.69) is 24.5 Å². The van der Waals surface area contributed by atoms with Crippen LogP contribution in [-0.2, 0) is 4.79 Å². The maximum absolute atomic E-state index is 11.8. The Morgan fingerprint density at radius 1 is 1.31 bits per heavy atom. The third-order valence-corrected chi connectivity index (χ3v) is 3.13. The summed E-state index contributed by atoms with van der Waals surface area (Å²) in [7, 11) is 0. The van der Waals surface area contributed by atoms with Crippen LogP contribution >= 0.6 is 12.2 Å². The van der Waals surface area contributed by atoms with Gasteiger partial charge in [-0.1, -0.05) is 33.1 Å². The number of rotatable bonds is 3. The van der Waals surface area contributed by atoms with E-state index in [0.29, 0.717) is 11.0 Å². The van der Waals surface area contributed by atoms with E-state index in [-0.39, 0.29) is 11.8 Å². The maximum Gasteiger partial charge on any atom is 0.229 e. The van der Waals surface area contributed by atoms with Crippen LogP contribution in [0.2, 0.25) is 0 Å². The van der Waals surface area contributed by atoms with Crippen molar-refractivity contribution in [1.29, 1.82) is 0 Å². The van der Waals surface area contributed by atoms with Gasteiger partial charge in [-0.05, 0) is 31.0 Å². The highest BCUT2D eigenvalue weighted by Crippen LogP contribution is 2.23. The number of hydrogen-bond donors (Lipinski definition) is 2. The van der Waals surface area contributed by atoms with Crippen molar-refractivity contribution in [2.75, 3.05) is 6.54 Å². The van der Waals surface area contributed by atoms with Gasteiger partial charge in [0.05, 0.1) is 0 Å². The molecule has 0 radical (unpaired) electrons. The van der Waals surface area contributed by atoms with Crippen molar-refractivity contribution in [3.63, 3.8) is 0 Å². The van der Waals surface area contributed by atoms with Gasteiger partial charge in [0.2, 0.25) is 5.91 Å². The normalized spacial score (nSPS) is 17.2. The first-order chi connectivity index (χ1) is 7.59. The van der Waals surface area contributed by atoms with Crippen molar-refractivity contribution < 1.29 is 4.79 Å². The predicted molar refractivity (Wildman–Crippen MR) is 70.2 cm³/mol. The topological polar surface area (TPSA) is 41.1 Å². The highest BCUT2D eigenvalue weighted by atomic mass is 32.1. The second-order valence-corrected chi connectivity index (χ2v) is 5.34. The minimum Gasteiger partial charge on any atom is -0.362 e. The van der Waals surface area contributed by atoms with Gasteiger partial charge in [-0.2, -0.15) is 0 Å². The number of amides is 1. The van der Waals surface area contributed by atoms with Gasteiger partial charge in [-0.25, -0.2) is 0 Å². The van der Waals surface area contributed by atoms with E-state index >= 15 is 0 Å². The van der Waals surface area contributed by atoms with E-state index < -0.39 is 0 Å². The first-order valence-corrected chi connectivity index (χ1v) is 6.59. The van der Waals surface area contributed by atoms with Crippen LogP contribution in [0.1, 0.15) is 46.0 Å². The first-order valence-electron chi connectivity index (χ1n) is 6.18. The molecule has 0 aromatic carbocycles. The summed E-state index contributed by atoms with van der Waals surface area (Å²) in [6, 6.07) is 0. The van der Waals surface area contributed by atoms with Gasteiger partial charge < -0.3 is 10.6 Å². The fourth-order valence-electron chi connectivity index (χ4n) is 1.92. The van der Waals surface area contributed by atoms with Crippen LogP contribution in [0.5, 0.6) is 0 Å². The lowest BCUT2D eigenvalue weighted by atomic mass is 9.89. The molecule has 16 heavy (non-hydrogen) atoms. The molecule has 0 aromatic heterocycles. The molecule has 0 bridgehead atoms. The highest BCUT2D eigenvalue weighted by Gasteiger charge is 2.21. The van der Waals surface area contributed by atoms with E-state index in [1.807, 2.05) is 0 Å². The molecular weight excluding hydrogens is 220 g/mol. The van der Waals surface area contributed by atoms with Gasteiger partial charge in [0.1, 0.15) is 0 Å². The summed E-state index contributed by atoms with van der Waals surface area (Å²) in [5, 5.41) is 6.31. The molecule has 3 nitrogen and oxygen atoms in total. The molecule has 0 unspecified atom stereocenters. The van der Waals surface area contributed by atoms with Crippen LogP contribution in [-0.4, -0.2) is 17.6 Å². The van der Waals surface area contributed by atoms with Crippen molar-refractivity contribution >= 4 is 23.2 Å². The smallest absolute Gasteiger partial charge is 0.229 e. The molecule has 0 heterocycles. The molecule has 92 valence electrons. The lowest BCUT2D eigenvalue weighted by Gasteiger charge is -2.21. The van der Waals surface area contributed by atoms with E-state index in [0.717, 1.165) is 19.4 Å². The zero-order chi connectivity index (χ0) is 12.0. The summed E-state index contributed by atoms with van der Waals surface area (Å²) in [5.41, 5.74) is 0. The lowest BCUT2D eigenvalue weighted by molar-refractivity contribution is -0.124. The predicted octanol–water partition coefficient (Wildman–Crippen LogP) is 2.21. The Kier molecular flexibility index (Phi) is 5.74. The Balaban J connectivity index is 2.24. The van der Waals surface area contributed by atoms with Crippen LogP contribution in [0.4, 0.5) is 0 Å². The standard InChI is InChI=1S/C12H22N2OS/c1-9(2)8-13-12(16)14-11(15)10-6-4-3-5-7-10/h9-10H,3-8H2,1-2H3,(H2,13,14,15,16). The molecule has 1 aliphatic rings. The van der Waals surface area contributed by atoms with Gasteiger partial charge in [0.25, 0.3) is 0 Å². The molecule has 1 rings (SSSR count). The van der Waals surface area contributed by atoms with E-state index in [4.69, 9.17) is 12.2 Å². The van der Waals surface area contributed by atoms with Gasteiger partial charge in [-0.15, -0.1) is 0 Å². The molecule has 0 spiro atoms. The number of hydrogen-bond acceptors (Lipinski definition) is 2. The quantitative estimate of drug-likeness (QED) is 0.746. The van der Waals surface area contributed by atoms with Crippen molar-refractivity contribution in [1.82, 2.24) is 10.6 Å². The molecule has 1 saturated carbocycles. The SMILES string of the molecule is CC(C)CNC(=S)NC(=O)C1CCCCC1. The van der Waals surface area contributed by atoms with E-state index in [1.165, 1.54) is 19.3 Å². The molecule has 0 atom stereocenters. The van der Waals surface area contributed by atoms with Crippen molar-refractivity contribution in [2.45, 2.75) is 46.0 Å². The number of nitrogens with one attached hydrogen (secondary N) is 2. The van der Waals surface area contributed by atoms with Gasteiger partial charge in [0, 0.05) is 12.5 Å². The van der Waals surface area contributed by atoms with Crippen LogP contribution < -0.4 is 10.6 Å². The molecular formula is C12H22N2OS. The van der Waals surface area contributed by atoms with Crippen molar-refractivity contribution in [3.8, 4) is 0 Å². The Morgan fingerprint density at radius 2 is 1.94 bits per heavy atom. The Hall–Kier alpha value is -0.640. The summed E-state index contributed by atoms with van der Waals surface area (Å²) >= 11 is 5.07. The summed E-state index contributed by atoms with van der Waals surface area (Å²) in [6.07, 6.45) is 5.63. The second kappa shape index (κ2) is 6.84. The first kappa shape index (κ1) is 13.4. The molecule has 0 saturated heterocycles. The fourth-order valence-corrected chi connectivity index (χ4v) is 2.10. The van der Waals surface area contributed by atoms with Crippen LogP contribution in [0.3, 0.4) is 0 Å².